The SMILES string of the molecule is CC1CCCN(c2ccc(CO)cn2)CC1. The molecule has 88 valence electrons. The minimum atomic E-state index is 0.0737. The van der Waals surface area contributed by atoms with E-state index in [1.807, 2.05) is 12.1 Å². The summed E-state index contributed by atoms with van der Waals surface area (Å²) >= 11 is 0. The van der Waals surface area contributed by atoms with Gasteiger partial charge in [0.25, 0.3) is 0 Å². The van der Waals surface area contributed by atoms with Gasteiger partial charge in [0, 0.05) is 19.3 Å². The van der Waals surface area contributed by atoms with E-state index in [1.54, 1.807) is 6.20 Å². The third-order valence-corrected chi connectivity index (χ3v) is 3.33. The van der Waals surface area contributed by atoms with E-state index in [0.29, 0.717) is 0 Å². The van der Waals surface area contributed by atoms with Crippen LogP contribution in [0.4, 0.5) is 5.82 Å². The van der Waals surface area contributed by atoms with Gasteiger partial charge in [0.1, 0.15) is 5.82 Å². The maximum Gasteiger partial charge on any atom is 0.128 e. The number of aromatic nitrogens is 1. The molecule has 1 aromatic rings. The van der Waals surface area contributed by atoms with Gasteiger partial charge >= 0.3 is 0 Å². The summed E-state index contributed by atoms with van der Waals surface area (Å²) in [5.41, 5.74) is 0.881. The number of rotatable bonds is 2. The summed E-state index contributed by atoms with van der Waals surface area (Å²) in [6.45, 7) is 4.61. The van der Waals surface area contributed by atoms with Gasteiger partial charge in [-0.15, -0.1) is 0 Å². The Hall–Kier alpha value is -1.09. The van der Waals surface area contributed by atoms with Crippen molar-refractivity contribution >= 4 is 5.82 Å². The summed E-state index contributed by atoms with van der Waals surface area (Å²) in [4.78, 5) is 6.76. The van der Waals surface area contributed by atoms with Crippen molar-refractivity contribution in [3.8, 4) is 0 Å². The van der Waals surface area contributed by atoms with Gasteiger partial charge in [-0.05, 0) is 36.8 Å². The molecule has 1 saturated heterocycles. The van der Waals surface area contributed by atoms with E-state index in [-0.39, 0.29) is 6.61 Å². The molecule has 1 aliphatic heterocycles. The maximum absolute atomic E-state index is 8.96. The average Bonchev–Trinajstić information content (AvgIpc) is 2.54. The predicted molar refractivity (Wildman–Crippen MR) is 65.4 cm³/mol. The second-order valence-corrected chi connectivity index (χ2v) is 4.71. The number of pyridine rings is 1. The molecule has 1 fully saturated rings. The minimum Gasteiger partial charge on any atom is -0.392 e. The van der Waals surface area contributed by atoms with E-state index in [2.05, 4.69) is 16.8 Å². The van der Waals surface area contributed by atoms with Crippen LogP contribution >= 0.6 is 0 Å². The molecule has 0 aliphatic carbocycles. The summed E-state index contributed by atoms with van der Waals surface area (Å²) < 4.78 is 0. The zero-order chi connectivity index (χ0) is 11.4. The van der Waals surface area contributed by atoms with Crippen molar-refractivity contribution in [2.24, 2.45) is 5.92 Å². The highest BCUT2D eigenvalue weighted by molar-refractivity contribution is 5.39. The molecule has 0 radical (unpaired) electrons. The zero-order valence-electron chi connectivity index (χ0n) is 9.89. The molecule has 0 saturated carbocycles. The fourth-order valence-corrected chi connectivity index (χ4v) is 2.19. The maximum atomic E-state index is 8.96. The van der Waals surface area contributed by atoms with E-state index in [0.717, 1.165) is 30.4 Å². The lowest BCUT2D eigenvalue weighted by molar-refractivity contribution is 0.281. The highest BCUT2D eigenvalue weighted by atomic mass is 16.3. The minimum absolute atomic E-state index is 0.0737. The monoisotopic (exact) mass is 220 g/mol. The Morgan fingerprint density at radius 2 is 2.25 bits per heavy atom. The number of aliphatic hydroxyl groups is 1. The standard InChI is InChI=1S/C13H20N2O/c1-11-3-2-7-15(8-6-11)13-5-4-12(10-16)9-14-13/h4-5,9,11,16H,2-3,6-8,10H2,1H3. The first kappa shape index (κ1) is 11.4. The normalized spacial score (nSPS) is 21.9. The topological polar surface area (TPSA) is 36.4 Å². The Bertz CT molecular complexity index is 323. The summed E-state index contributed by atoms with van der Waals surface area (Å²) in [5.74, 6) is 1.88. The molecule has 3 nitrogen and oxygen atoms in total. The van der Waals surface area contributed by atoms with Gasteiger partial charge in [0.15, 0.2) is 0 Å². The van der Waals surface area contributed by atoms with Crippen LogP contribution in [-0.2, 0) is 6.61 Å². The van der Waals surface area contributed by atoms with Crippen LogP contribution in [0.1, 0.15) is 31.7 Å². The number of anilines is 1. The largest absolute Gasteiger partial charge is 0.392 e. The fraction of sp³-hybridized carbons (Fsp3) is 0.615. The fourth-order valence-electron chi connectivity index (χ4n) is 2.19. The molecule has 0 bridgehead atoms. The summed E-state index contributed by atoms with van der Waals surface area (Å²) in [7, 11) is 0. The van der Waals surface area contributed by atoms with E-state index in [4.69, 9.17) is 5.11 Å². The van der Waals surface area contributed by atoms with Crippen LogP contribution in [0.25, 0.3) is 0 Å². The summed E-state index contributed by atoms with van der Waals surface area (Å²) in [5, 5.41) is 8.96. The van der Waals surface area contributed by atoms with Crippen molar-refractivity contribution in [3.05, 3.63) is 23.9 Å². The van der Waals surface area contributed by atoms with Gasteiger partial charge in [-0.2, -0.15) is 0 Å². The molecule has 16 heavy (non-hydrogen) atoms. The van der Waals surface area contributed by atoms with Crippen LogP contribution < -0.4 is 4.90 Å². The quantitative estimate of drug-likeness (QED) is 0.830. The third kappa shape index (κ3) is 2.73. The third-order valence-electron chi connectivity index (χ3n) is 3.33. The smallest absolute Gasteiger partial charge is 0.128 e. The molecule has 3 heteroatoms. The van der Waals surface area contributed by atoms with Crippen molar-refractivity contribution in [2.75, 3.05) is 18.0 Å². The first-order chi connectivity index (χ1) is 7.79. The van der Waals surface area contributed by atoms with E-state index >= 15 is 0 Å². The number of hydrogen-bond donors (Lipinski definition) is 1. The van der Waals surface area contributed by atoms with E-state index < -0.39 is 0 Å². The molecule has 0 spiro atoms. The molecule has 1 atom stereocenters. The second kappa shape index (κ2) is 5.30. The Morgan fingerprint density at radius 1 is 1.38 bits per heavy atom. The number of aliphatic hydroxyl groups excluding tert-OH is 1. The van der Waals surface area contributed by atoms with Gasteiger partial charge in [-0.25, -0.2) is 4.98 Å². The Kier molecular flexibility index (Phi) is 3.78. The molecule has 1 N–H and O–H groups in total. The summed E-state index contributed by atoms with van der Waals surface area (Å²) in [6.07, 6.45) is 5.60. The first-order valence-electron chi connectivity index (χ1n) is 6.10. The van der Waals surface area contributed by atoms with Crippen molar-refractivity contribution in [1.82, 2.24) is 4.98 Å². The number of hydrogen-bond acceptors (Lipinski definition) is 3. The predicted octanol–water partition coefficient (Wildman–Crippen LogP) is 2.20. The highest BCUT2D eigenvalue weighted by Gasteiger charge is 2.14. The van der Waals surface area contributed by atoms with Gasteiger partial charge in [0.2, 0.25) is 0 Å². The number of nitrogens with zero attached hydrogens (tertiary/aromatic N) is 2. The van der Waals surface area contributed by atoms with Gasteiger partial charge in [-0.1, -0.05) is 13.0 Å². The molecule has 0 aromatic carbocycles. The van der Waals surface area contributed by atoms with E-state index in [1.165, 1.54) is 19.3 Å². The molecular weight excluding hydrogens is 200 g/mol. The first-order valence-corrected chi connectivity index (χ1v) is 6.10. The van der Waals surface area contributed by atoms with Crippen molar-refractivity contribution < 1.29 is 5.11 Å². The van der Waals surface area contributed by atoms with Crippen molar-refractivity contribution in [1.29, 1.82) is 0 Å². The molecule has 1 aliphatic rings. The lowest BCUT2D eigenvalue weighted by Crippen LogP contribution is -2.25. The van der Waals surface area contributed by atoms with Gasteiger partial charge in [-0.3, -0.25) is 0 Å². The van der Waals surface area contributed by atoms with Crippen molar-refractivity contribution in [2.45, 2.75) is 32.8 Å². The van der Waals surface area contributed by atoms with Crippen LogP contribution in [-0.4, -0.2) is 23.2 Å². The molecule has 1 aromatic heterocycles. The zero-order valence-corrected chi connectivity index (χ0v) is 9.89. The molecule has 2 heterocycles. The van der Waals surface area contributed by atoms with Gasteiger partial charge < -0.3 is 10.0 Å². The lowest BCUT2D eigenvalue weighted by atomic mass is 10.0. The van der Waals surface area contributed by atoms with Crippen LogP contribution in [0.15, 0.2) is 18.3 Å². The van der Waals surface area contributed by atoms with Crippen LogP contribution in [0, 0.1) is 5.92 Å². The molecule has 2 rings (SSSR count). The average molecular weight is 220 g/mol. The van der Waals surface area contributed by atoms with E-state index in [9.17, 15) is 0 Å². The Morgan fingerprint density at radius 3 is 2.94 bits per heavy atom. The van der Waals surface area contributed by atoms with Crippen LogP contribution in [0.5, 0.6) is 0 Å². The van der Waals surface area contributed by atoms with Crippen molar-refractivity contribution in [3.63, 3.8) is 0 Å². The van der Waals surface area contributed by atoms with Crippen LogP contribution in [0.3, 0.4) is 0 Å². The Labute approximate surface area is 97.1 Å². The molecule has 1 unspecified atom stereocenters. The molecular formula is C13H20N2O. The second-order valence-electron chi connectivity index (χ2n) is 4.71. The Balaban J connectivity index is 2.04. The lowest BCUT2D eigenvalue weighted by Gasteiger charge is -2.21. The summed E-state index contributed by atoms with van der Waals surface area (Å²) in [6, 6.07) is 3.97. The highest BCUT2D eigenvalue weighted by Crippen LogP contribution is 2.20. The van der Waals surface area contributed by atoms with Gasteiger partial charge in [0.05, 0.1) is 6.61 Å². The molecule has 0 amide bonds. The van der Waals surface area contributed by atoms with Crippen LogP contribution in [0.2, 0.25) is 0 Å².